The van der Waals surface area contributed by atoms with Gasteiger partial charge in [0.05, 0.1) is 41.1 Å². The molecular formula is C22H17N3O4S. The van der Waals surface area contributed by atoms with Gasteiger partial charge in [-0.3, -0.25) is 0 Å². The molecule has 0 bridgehead atoms. The number of methoxy groups -OCH3 is 1. The maximum absolute atomic E-state index is 13.1. The number of nitrogens with zero attached hydrogens (tertiary/aromatic N) is 3. The largest absolute Gasteiger partial charge is 0.493 e. The molecule has 0 N–H and O–H groups in total. The summed E-state index contributed by atoms with van der Waals surface area (Å²) in [5, 5.41) is 13.5. The van der Waals surface area contributed by atoms with Gasteiger partial charge < -0.3 is 14.0 Å². The maximum Gasteiger partial charge on any atom is 0.344 e. The quantitative estimate of drug-likeness (QED) is 0.340. The first-order valence-corrected chi connectivity index (χ1v) is 9.87. The number of nitriles is 1. The molecule has 150 valence electrons. The minimum atomic E-state index is -0.595. The molecule has 3 aromatic heterocycles. The fourth-order valence-corrected chi connectivity index (χ4v) is 4.19. The Bertz CT molecular complexity index is 1330. The van der Waals surface area contributed by atoms with Gasteiger partial charge in [-0.05, 0) is 45.0 Å². The van der Waals surface area contributed by atoms with Crippen molar-refractivity contribution in [3.05, 3.63) is 56.9 Å². The molecule has 3 heterocycles. The maximum atomic E-state index is 13.1. The Kier molecular flexibility index (Phi) is 4.98. The molecule has 0 atom stereocenters. The highest BCUT2D eigenvalue weighted by Crippen LogP contribution is 2.34. The average Bonchev–Trinajstić information content (AvgIpc) is 3.28. The second-order valence-electron chi connectivity index (χ2n) is 6.70. The van der Waals surface area contributed by atoms with Crippen LogP contribution in [-0.4, -0.2) is 23.2 Å². The highest BCUT2D eigenvalue weighted by molar-refractivity contribution is 7.12. The fourth-order valence-electron chi connectivity index (χ4n) is 3.26. The third kappa shape index (κ3) is 3.40. The third-order valence-electron chi connectivity index (χ3n) is 4.65. The molecule has 0 aliphatic carbocycles. The smallest absolute Gasteiger partial charge is 0.344 e. The second-order valence-corrected chi connectivity index (χ2v) is 8.16. The molecule has 4 aromatic rings. The Morgan fingerprint density at radius 3 is 2.63 bits per heavy atom. The number of aryl methyl sites for hydroxylation is 3. The Hall–Kier alpha value is -3.70. The van der Waals surface area contributed by atoms with Crippen LogP contribution in [0.1, 0.15) is 31.4 Å². The number of esters is 1. The number of carbonyl (C=O) groups excluding carboxylic acids is 1. The van der Waals surface area contributed by atoms with Gasteiger partial charge in [-0.15, -0.1) is 11.3 Å². The van der Waals surface area contributed by atoms with Gasteiger partial charge in [-0.2, -0.15) is 5.26 Å². The number of ether oxygens (including phenoxy) is 2. The molecule has 4 rings (SSSR count). The number of hydrogen-bond donors (Lipinski definition) is 0. The van der Waals surface area contributed by atoms with E-state index < -0.39 is 5.97 Å². The summed E-state index contributed by atoms with van der Waals surface area (Å²) in [4.78, 5) is 19.9. The van der Waals surface area contributed by atoms with Crippen LogP contribution in [0.25, 0.3) is 22.4 Å². The van der Waals surface area contributed by atoms with Crippen LogP contribution >= 0.6 is 11.3 Å². The van der Waals surface area contributed by atoms with Crippen molar-refractivity contribution in [3.63, 3.8) is 0 Å². The van der Waals surface area contributed by atoms with E-state index in [0.717, 1.165) is 15.3 Å². The van der Waals surface area contributed by atoms with Crippen molar-refractivity contribution in [2.75, 3.05) is 7.11 Å². The van der Waals surface area contributed by atoms with Crippen molar-refractivity contribution in [1.82, 2.24) is 10.1 Å². The lowest BCUT2D eigenvalue weighted by Gasteiger charge is -2.10. The van der Waals surface area contributed by atoms with Gasteiger partial charge in [0.15, 0.2) is 11.5 Å². The summed E-state index contributed by atoms with van der Waals surface area (Å²) in [7, 11) is 1.45. The zero-order valence-electron chi connectivity index (χ0n) is 16.8. The van der Waals surface area contributed by atoms with Crippen molar-refractivity contribution in [2.24, 2.45) is 0 Å². The molecule has 0 aliphatic heterocycles. The molecule has 0 amide bonds. The van der Waals surface area contributed by atoms with E-state index in [9.17, 15) is 4.79 Å². The number of aromatic nitrogens is 2. The van der Waals surface area contributed by atoms with E-state index in [0.29, 0.717) is 33.7 Å². The molecule has 30 heavy (non-hydrogen) atoms. The molecule has 0 saturated carbocycles. The van der Waals surface area contributed by atoms with Gasteiger partial charge >= 0.3 is 5.97 Å². The van der Waals surface area contributed by atoms with Gasteiger partial charge in [0.2, 0.25) is 0 Å². The first-order valence-electron chi connectivity index (χ1n) is 9.06. The molecule has 0 radical (unpaired) electrons. The highest BCUT2D eigenvalue weighted by Gasteiger charge is 2.23. The van der Waals surface area contributed by atoms with Crippen LogP contribution in [0.2, 0.25) is 0 Å². The number of fused-ring (bicyclic) bond motifs is 1. The predicted octanol–water partition coefficient (Wildman–Crippen LogP) is 4.98. The van der Waals surface area contributed by atoms with Crippen LogP contribution in [0.3, 0.4) is 0 Å². The lowest BCUT2D eigenvalue weighted by Crippen LogP contribution is -2.11. The molecule has 0 spiro atoms. The zero-order chi connectivity index (χ0) is 21.4. The van der Waals surface area contributed by atoms with E-state index in [-0.39, 0.29) is 11.5 Å². The lowest BCUT2D eigenvalue weighted by atomic mass is 10.1. The fraction of sp³-hybridized carbons (Fsp3) is 0.182. The van der Waals surface area contributed by atoms with Crippen LogP contribution in [-0.2, 0) is 0 Å². The molecular weight excluding hydrogens is 402 g/mol. The van der Waals surface area contributed by atoms with E-state index in [1.807, 2.05) is 26.0 Å². The lowest BCUT2D eigenvalue weighted by molar-refractivity contribution is 0.0731. The van der Waals surface area contributed by atoms with Gasteiger partial charge in [0.25, 0.3) is 5.71 Å². The van der Waals surface area contributed by atoms with Gasteiger partial charge in [-0.1, -0.05) is 5.16 Å². The SMILES string of the molecule is COc1cc(C#N)ccc1OC(=O)c1cc(-c2cc(C)sc2C)nc2onc(C)c12. The number of carbonyl (C=O) groups is 1. The van der Waals surface area contributed by atoms with Crippen molar-refractivity contribution < 1.29 is 18.8 Å². The number of thiophene rings is 1. The van der Waals surface area contributed by atoms with Gasteiger partial charge in [0.1, 0.15) is 0 Å². The minimum Gasteiger partial charge on any atom is -0.493 e. The zero-order valence-corrected chi connectivity index (χ0v) is 17.6. The first-order chi connectivity index (χ1) is 14.4. The summed E-state index contributed by atoms with van der Waals surface area (Å²) in [5.41, 5.74) is 3.05. The van der Waals surface area contributed by atoms with Crippen LogP contribution in [0, 0.1) is 32.1 Å². The van der Waals surface area contributed by atoms with E-state index in [1.54, 1.807) is 30.4 Å². The van der Waals surface area contributed by atoms with Crippen LogP contribution < -0.4 is 9.47 Å². The Morgan fingerprint density at radius 2 is 1.97 bits per heavy atom. The Balaban J connectivity index is 1.82. The van der Waals surface area contributed by atoms with Crippen molar-refractivity contribution in [2.45, 2.75) is 20.8 Å². The molecule has 0 unspecified atom stereocenters. The molecule has 0 fully saturated rings. The highest BCUT2D eigenvalue weighted by atomic mass is 32.1. The van der Waals surface area contributed by atoms with Gasteiger partial charge in [0, 0.05) is 21.4 Å². The van der Waals surface area contributed by atoms with Crippen molar-refractivity contribution >= 4 is 28.4 Å². The van der Waals surface area contributed by atoms with Crippen LogP contribution in [0.15, 0.2) is 34.9 Å². The molecule has 0 saturated heterocycles. The summed E-state index contributed by atoms with van der Waals surface area (Å²) in [6, 6.07) is 10.3. The third-order valence-corrected chi connectivity index (χ3v) is 5.62. The van der Waals surface area contributed by atoms with Crippen LogP contribution in [0.4, 0.5) is 0 Å². The molecule has 8 heteroatoms. The van der Waals surface area contributed by atoms with Crippen LogP contribution in [0.5, 0.6) is 11.5 Å². The summed E-state index contributed by atoms with van der Waals surface area (Å²) >= 11 is 1.65. The number of rotatable bonds is 4. The predicted molar refractivity (Wildman–Crippen MR) is 112 cm³/mol. The molecule has 0 aliphatic rings. The number of pyridine rings is 1. The van der Waals surface area contributed by atoms with Crippen molar-refractivity contribution in [3.8, 4) is 28.8 Å². The van der Waals surface area contributed by atoms with E-state index in [2.05, 4.69) is 10.1 Å². The summed E-state index contributed by atoms with van der Waals surface area (Å²) < 4.78 is 16.2. The molecule has 1 aromatic carbocycles. The Labute approximate surface area is 176 Å². The number of benzene rings is 1. The monoisotopic (exact) mass is 419 g/mol. The Morgan fingerprint density at radius 1 is 1.17 bits per heavy atom. The van der Waals surface area contributed by atoms with E-state index >= 15 is 0 Å². The number of hydrogen-bond acceptors (Lipinski definition) is 8. The minimum absolute atomic E-state index is 0.213. The normalized spacial score (nSPS) is 10.8. The summed E-state index contributed by atoms with van der Waals surface area (Å²) in [6.07, 6.45) is 0. The second kappa shape index (κ2) is 7.61. The van der Waals surface area contributed by atoms with E-state index in [4.69, 9.17) is 19.3 Å². The topological polar surface area (TPSA) is 98.2 Å². The molecule has 7 nitrogen and oxygen atoms in total. The summed E-state index contributed by atoms with van der Waals surface area (Å²) in [5.74, 6) is -0.0912. The van der Waals surface area contributed by atoms with E-state index in [1.165, 1.54) is 19.2 Å². The van der Waals surface area contributed by atoms with Gasteiger partial charge in [-0.25, -0.2) is 9.78 Å². The summed E-state index contributed by atoms with van der Waals surface area (Å²) in [6.45, 7) is 5.76. The average molecular weight is 419 g/mol. The standard InChI is InChI=1S/C22H17N3O4S/c1-11-7-15(13(3)30-11)17-9-16(20-12(2)25-29-21(20)24-17)22(26)28-18-6-5-14(10-23)8-19(18)27-4/h5-9H,1-4H3. The first kappa shape index (κ1) is 19.6. The van der Waals surface area contributed by atoms with Crippen molar-refractivity contribution in [1.29, 1.82) is 5.26 Å².